The Bertz CT molecular complexity index is 852. The number of amides is 2. The molecule has 3 N–H and O–H groups in total. The van der Waals surface area contributed by atoms with Gasteiger partial charge in [0, 0.05) is 6.08 Å². The average molecular weight is 401 g/mol. The zero-order valence-electron chi connectivity index (χ0n) is 15.2. The van der Waals surface area contributed by atoms with Gasteiger partial charge in [0.1, 0.15) is 11.6 Å². The van der Waals surface area contributed by atoms with E-state index < -0.39 is 11.8 Å². The van der Waals surface area contributed by atoms with E-state index in [0.717, 1.165) is 6.42 Å². The van der Waals surface area contributed by atoms with Crippen LogP contribution in [0, 0.1) is 5.82 Å². The molecule has 0 aliphatic rings. The summed E-state index contributed by atoms with van der Waals surface area (Å²) in [4.78, 5) is 23.5. The van der Waals surface area contributed by atoms with Crippen LogP contribution in [0.5, 0.6) is 5.75 Å². The molecule has 0 fully saturated rings. The van der Waals surface area contributed by atoms with Gasteiger partial charge in [0.2, 0.25) is 5.91 Å². The van der Waals surface area contributed by atoms with Crippen molar-refractivity contribution in [2.45, 2.75) is 13.3 Å². The second-order valence-electron chi connectivity index (χ2n) is 5.66. The summed E-state index contributed by atoms with van der Waals surface area (Å²) in [6.45, 7) is 1.84. The molecular formula is C20H20FN3O3S. The Kier molecular flexibility index (Phi) is 8.11. The lowest BCUT2D eigenvalue weighted by atomic mass is 10.2. The molecular weight excluding hydrogens is 381 g/mol. The maximum atomic E-state index is 12.8. The highest BCUT2D eigenvalue weighted by Crippen LogP contribution is 2.12. The first-order chi connectivity index (χ1) is 13.5. The van der Waals surface area contributed by atoms with Gasteiger partial charge < -0.3 is 4.74 Å². The SMILES string of the molecule is CCc1ccc(OCC(=O)NNC(=S)NC(=O)C=Cc2ccc(F)cc2)cc1. The molecule has 0 aliphatic carbocycles. The van der Waals surface area contributed by atoms with Gasteiger partial charge in [0.15, 0.2) is 11.7 Å². The van der Waals surface area contributed by atoms with Crippen LogP contribution in [0.2, 0.25) is 0 Å². The van der Waals surface area contributed by atoms with Gasteiger partial charge in [0.25, 0.3) is 5.91 Å². The van der Waals surface area contributed by atoms with Crippen LogP contribution in [0.15, 0.2) is 54.6 Å². The minimum absolute atomic E-state index is 0.0746. The fraction of sp³-hybridized carbons (Fsp3) is 0.150. The number of carbonyl (C=O) groups excluding carboxylic acids is 2. The van der Waals surface area contributed by atoms with Crippen LogP contribution >= 0.6 is 12.2 Å². The molecule has 2 aromatic rings. The monoisotopic (exact) mass is 401 g/mol. The van der Waals surface area contributed by atoms with E-state index in [1.807, 2.05) is 12.1 Å². The Balaban J connectivity index is 1.68. The Morgan fingerprint density at radius 2 is 1.75 bits per heavy atom. The van der Waals surface area contributed by atoms with Crippen LogP contribution in [0.1, 0.15) is 18.1 Å². The molecule has 2 amide bonds. The van der Waals surface area contributed by atoms with Gasteiger partial charge in [-0.1, -0.05) is 31.2 Å². The number of carbonyl (C=O) groups is 2. The Morgan fingerprint density at radius 3 is 2.39 bits per heavy atom. The van der Waals surface area contributed by atoms with Crippen LogP contribution in [0.3, 0.4) is 0 Å². The molecule has 0 saturated heterocycles. The molecule has 0 saturated carbocycles. The first-order valence-electron chi connectivity index (χ1n) is 8.51. The van der Waals surface area contributed by atoms with E-state index in [2.05, 4.69) is 23.1 Å². The normalized spacial score (nSPS) is 10.4. The van der Waals surface area contributed by atoms with Crippen LogP contribution < -0.4 is 20.9 Å². The lowest BCUT2D eigenvalue weighted by molar-refractivity contribution is -0.123. The third kappa shape index (κ3) is 7.55. The van der Waals surface area contributed by atoms with Crippen LogP contribution in [-0.2, 0) is 16.0 Å². The summed E-state index contributed by atoms with van der Waals surface area (Å²) in [7, 11) is 0. The molecule has 8 heteroatoms. The van der Waals surface area contributed by atoms with Gasteiger partial charge in [-0.3, -0.25) is 25.8 Å². The maximum Gasteiger partial charge on any atom is 0.276 e. The van der Waals surface area contributed by atoms with Crippen LogP contribution in [0.4, 0.5) is 4.39 Å². The van der Waals surface area contributed by atoms with E-state index in [1.165, 1.54) is 42.0 Å². The predicted octanol–water partition coefficient (Wildman–Crippen LogP) is 2.50. The highest BCUT2D eigenvalue weighted by atomic mass is 32.1. The number of rotatable bonds is 6. The Hall–Kier alpha value is -3.26. The van der Waals surface area contributed by atoms with E-state index in [1.54, 1.807) is 12.1 Å². The number of benzene rings is 2. The predicted molar refractivity (Wildman–Crippen MR) is 109 cm³/mol. The molecule has 0 atom stereocenters. The molecule has 0 unspecified atom stereocenters. The number of halogens is 1. The van der Waals surface area contributed by atoms with Gasteiger partial charge in [-0.15, -0.1) is 0 Å². The van der Waals surface area contributed by atoms with Crippen molar-refractivity contribution in [1.29, 1.82) is 0 Å². The fourth-order valence-electron chi connectivity index (χ4n) is 2.06. The average Bonchev–Trinajstić information content (AvgIpc) is 2.70. The summed E-state index contributed by atoms with van der Waals surface area (Å²) >= 11 is 4.92. The minimum atomic E-state index is -0.497. The molecule has 0 spiro atoms. The lowest BCUT2D eigenvalue weighted by Gasteiger charge is -2.10. The fourth-order valence-corrected chi connectivity index (χ4v) is 2.22. The molecule has 0 bridgehead atoms. The second kappa shape index (κ2) is 10.8. The number of thiocarbonyl (C=S) groups is 1. The Morgan fingerprint density at radius 1 is 1.07 bits per heavy atom. The van der Waals surface area contributed by atoms with Crippen molar-refractivity contribution < 1.29 is 18.7 Å². The maximum absolute atomic E-state index is 12.8. The summed E-state index contributed by atoms with van der Waals surface area (Å²) in [5, 5.41) is 2.29. The standard InChI is InChI=1S/C20H20FN3O3S/c1-2-14-5-10-17(11-6-14)27-13-19(26)23-24-20(28)22-18(25)12-7-15-3-8-16(21)9-4-15/h3-12H,2,13H2,1H3,(H,23,26)(H2,22,24,25,28). The van der Waals surface area contributed by atoms with Crippen molar-refractivity contribution in [3.63, 3.8) is 0 Å². The van der Waals surface area contributed by atoms with E-state index in [4.69, 9.17) is 17.0 Å². The number of nitrogens with one attached hydrogen (secondary N) is 3. The summed E-state index contributed by atoms with van der Waals surface area (Å²) in [6.07, 6.45) is 3.67. The highest BCUT2D eigenvalue weighted by Gasteiger charge is 2.05. The molecule has 0 radical (unpaired) electrons. The van der Waals surface area contributed by atoms with Gasteiger partial charge in [-0.05, 0) is 60.1 Å². The number of hydrogen-bond acceptors (Lipinski definition) is 4. The molecule has 6 nitrogen and oxygen atoms in total. The summed E-state index contributed by atoms with van der Waals surface area (Å²) in [5.74, 6) is -0.736. The Labute approximate surface area is 167 Å². The van der Waals surface area contributed by atoms with Crippen molar-refractivity contribution in [2.75, 3.05) is 6.61 Å². The second-order valence-corrected chi connectivity index (χ2v) is 6.07. The molecule has 0 aliphatic heterocycles. The lowest BCUT2D eigenvalue weighted by Crippen LogP contribution is -2.49. The van der Waals surface area contributed by atoms with Crippen molar-refractivity contribution in [1.82, 2.24) is 16.2 Å². The number of hydrogen-bond donors (Lipinski definition) is 3. The minimum Gasteiger partial charge on any atom is -0.484 e. The molecule has 2 rings (SSSR count). The number of aryl methyl sites for hydroxylation is 1. The zero-order valence-corrected chi connectivity index (χ0v) is 16.0. The first-order valence-corrected chi connectivity index (χ1v) is 8.92. The van der Waals surface area contributed by atoms with Crippen molar-refractivity contribution in [2.24, 2.45) is 0 Å². The van der Waals surface area contributed by atoms with Crippen molar-refractivity contribution >= 4 is 35.2 Å². The third-order valence-corrected chi connectivity index (χ3v) is 3.75. The van der Waals surface area contributed by atoms with E-state index in [9.17, 15) is 14.0 Å². The van der Waals surface area contributed by atoms with E-state index in [-0.39, 0.29) is 17.5 Å². The van der Waals surface area contributed by atoms with Crippen LogP contribution in [-0.4, -0.2) is 23.5 Å². The van der Waals surface area contributed by atoms with E-state index in [0.29, 0.717) is 11.3 Å². The quantitative estimate of drug-likeness (QED) is 0.394. The van der Waals surface area contributed by atoms with Gasteiger partial charge in [-0.25, -0.2) is 4.39 Å². The molecule has 0 heterocycles. The first kappa shape index (κ1) is 21.0. The van der Waals surface area contributed by atoms with Crippen molar-refractivity contribution in [3.8, 4) is 5.75 Å². The van der Waals surface area contributed by atoms with Crippen molar-refractivity contribution in [3.05, 3.63) is 71.6 Å². The molecule has 0 aromatic heterocycles. The van der Waals surface area contributed by atoms with E-state index >= 15 is 0 Å². The third-order valence-electron chi connectivity index (χ3n) is 3.55. The van der Waals surface area contributed by atoms with Gasteiger partial charge >= 0.3 is 0 Å². The highest BCUT2D eigenvalue weighted by molar-refractivity contribution is 7.80. The summed E-state index contributed by atoms with van der Waals surface area (Å²) in [5.41, 5.74) is 6.57. The topological polar surface area (TPSA) is 79.5 Å². The van der Waals surface area contributed by atoms with Gasteiger partial charge in [-0.2, -0.15) is 0 Å². The number of ether oxygens (including phenoxy) is 1. The molecule has 146 valence electrons. The molecule has 2 aromatic carbocycles. The summed E-state index contributed by atoms with van der Waals surface area (Å²) in [6, 6.07) is 13.1. The molecule has 28 heavy (non-hydrogen) atoms. The van der Waals surface area contributed by atoms with Gasteiger partial charge in [0.05, 0.1) is 0 Å². The smallest absolute Gasteiger partial charge is 0.276 e. The zero-order chi connectivity index (χ0) is 20.4. The number of hydrazine groups is 1. The van der Waals surface area contributed by atoms with Crippen LogP contribution in [0.25, 0.3) is 6.08 Å². The largest absolute Gasteiger partial charge is 0.484 e. The summed E-state index contributed by atoms with van der Waals surface area (Å²) < 4.78 is 18.2.